The molecule has 240 valence electrons. The molecule has 2 saturated heterocycles. The lowest BCUT2D eigenvalue weighted by Crippen LogP contribution is -2.61. The lowest BCUT2D eigenvalue weighted by molar-refractivity contribution is -0.318. The quantitative estimate of drug-likeness (QED) is 0.146. The molecule has 3 heterocycles. The van der Waals surface area contributed by atoms with Crippen LogP contribution in [-0.4, -0.2) is 114 Å². The summed E-state index contributed by atoms with van der Waals surface area (Å²) in [5, 5.41) is 92.4. The lowest BCUT2D eigenvalue weighted by atomic mass is 9.98. The van der Waals surface area contributed by atoms with E-state index in [1.54, 1.807) is 0 Å². The molecule has 0 radical (unpaired) electrons. The van der Waals surface area contributed by atoms with Gasteiger partial charge in [-0.3, -0.25) is 4.79 Å². The number of fused-ring (bicyclic) bond motifs is 1. The maximum atomic E-state index is 13.7. The van der Waals surface area contributed by atoms with Crippen molar-refractivity contribution in [2.24, 2.45) is 0 Å². The summed E-state index contributed by atoms with van der Waals surface area (Å²) in [5.41, 5.74) is -0.236. The summed E-state index contributed by atoms with van der Waals surface area (Å²) in [6.45, 7) is 2.69. The average Bonchev–Trinajstić information content (AvgIpc) is 3.00. The molecular formula is C29H34O15. The zero-order valence-electron chi connectivity index (χ0n) is 23.5. The molecular weight excluding hydrogens is 588 g/mol. The van der Waals surface area contributed by atoms with Crippen molar-refractivity contribution in [3.63, 3.8) is 0 Å². The number of hydrogen-bond acceptors (Lipinski definition) is 15. The second-order valence-electron chi connectivity index (χ2n) is 10.8. The Morgan fingerprint density at radius 2 is 1.45 bits per heavy atom. The van der Waals surface area contributed by atoms with Gasteiger partial charge in [0, 0.05) is 5.56 Å². The standard InChI is InChI=1S/C29H34O15/c1-3-11-6-15(32)18-16(7-11)42-26(12-4-5-13(30)14(31)8-12)27(21(18)35)44-29-25(39)23(37)20(34)17(43-29)9-40-28-24(38)22(36)19(33)10(2)41-28/h4-8,10,17,19-20,22-25,28-34,36-39H,3,9H2,1-2H3/t10-,17+,19-,20+,22+,23-,24+,25+,28+,29-/m0/s1. The largest absolute Gasteiger partial charge is 0.507 e. The Bertz CT molecular complexity index is 1560. The van der Waals surface area contributed by atoms with Crippen LogP contribution in [-0.2, 0) is 20.6 Å². The molecule has 10 atom stereocenters. The highest BCUT2D eigenvalue weighted by molar-refractivity contribution is 5.87. The van der Waals surface area contributed by atoms with Gasteiger partial charge in [-0.1, -0.05) is 6.92 Å². The van der Waals surface area contributed by atoms with Gasteiger partial charge in [0.2, 0.25) is 17.5 Å². The smallest absolute Gasteiger partial charge is 0.239 e. The molecule has 0 spiro atoms. The highest BCUT2D eigenvalue weighted by atomic mass is 16.7. The molecule has 9 N–H and O–H groups in total. The Labute approximate surface area is 249 Å². The summed E-state index contributed by atoms with van der Waals surface area (Å²) >= 11 is 0. The van der Waals surface area contributed by atoms with Crippen molar-refractivity contribution in [1.82, 2.24) is 0 Å². The summed E-state index contributed by atoms with van der Waals surface area (Å²) in [7, 11) is 0. The molecule has 0 aliphatic carbocycles. The van der Waals surface area contributed by atoms with Gasteiger partial charge in [0.05, 0.1) is 12.7 Å². The molecule has 15 heteroatoms. The number of aliphatic hydroxyl groups excluding tert-OH is 6. The van der Waals surface area contributed by atoms with E-state index < -0.39 is 96.4 Å². The van der Waals surface area contributed by atoms with Crippen LogP contribution < -0.4 is 10.2 Å². The minimum atomic E-state index is -1.93. The number of rotatable bonds is 7. The van der Waals surface area contributed by atoms with Crippen LogP contribution in [0.25, 0.3) is 22.3 Å². The van der Waals surface area contributed by atoms with Crippen molar-refractivity contribution in [3.05, 3.63) is 46.1 Å². The highest BCUT2D eigenvalue weighted by Crippen LogP contribution is 2.39. The molecule has 1 aromatic heterocycles. The molecule has 44 heavy (non-hydrogen) atoms. The van der Waals surface area contributed by atoms with Crippen molar-refractivity contribution in [2.75, 3.05) is 6.61 Å². The van der Waals surface area contributed by atoms with Crippen LogP contribution in [0.2, 0.25) is 0 Å². The third-order valence-corrected chi connectivity index (χ3v) is 7.77. The van der Waals surface area contributed by atoms with Crippen LogP contribution in [0, 0.1) is 0 Å². The second kappa shape index (κ2) is 12.5. The predicted molar refractivity (Wildman–Crippen MR) is 148 cm³/mol. The van der Waals surface area contributed by atoms with Crippen molar-refractivity contribution >= 4 is 11.0 Å². The van der Waals surface area contributed by atoms with E-state index in [0.29, 0.717) is 12.0 Å². The third-order valence-electron chi connectivity index (χ3n) is 7.77. The van der Waals surface area contributed by atoms with Crippen molar-refractivity contribution in [2.45, 2.75) is 81.7 Å². The molecule has 0 unspecified atom stereocenters. The number of aryl methyl sites for hydroxylation is 1. The highest BCUT2D eigenvalue weighted by Gasteiger charge is 2.47. The van der Waals surface area contributed by atoms with E-state index in [1.807, 2.05) is 6.92 Å². The number of aromatic hydroxyl groups is 3. The molecule has 0 amide bonds. The van der Waals surface area contributed by atoms with Gasteiger partial charge in [-0.2, -0.15) is 0 Å². The fourth-order valence-electron chi connectivity index (χ4n) is 5.11. The van der Waals surface area contributed by atoms with Crippen LogP contribution in [0.1, 0.15) is 19.4 Å². The first kappa shape index (κ1) is 31.9. The number of phenols is 3. The molecule has 0 bridgehead atoms. The molecule has 3 aromatic rings. The van der Waals surface area contributed by atoms with Crippen LogP contribution >= 0.6 is 0 Å². The zero-order valence-corrected chi connectivity index (χ0v) is 23.5. The van der Waals surface area contributed by atoms with Gasteiger partial charge in [0.15, 0.2) is 23.5 Å². The SMILES string of the molecule is CCc1cc(O)c2c(=O)c(O[C@@H]3O[C@H](CO[C@@H]4O[C@@H](C)[C@H](O)[C@@H](O)[C@H]4O)[C@@H](O)[C@H](O)[C@H]3O)c(-c3ccc(O)c(O)c3)oc2c1. The lowest BCUT2D eigenvalue weighted by Gasteiger charge is -2.42. The number of aliphatic hydroxyl groups is 6. The van der Waals surface area contributed by atoms with Crippen LogP contribution in [0.3, 0.4) is 0 Å². The van der Waals surface area contributed by atoms with Gasteiger partial charge in [-0.25, -0.2) is 0 Å². The van der Waals surface area contributed by atoms with Gasteiger partial charge < -0.3 is 69.3 Å². The molecule has 15 nitrogen and oxygen atoms in total. The van der Waals surface area contributed by atoms with Gasteiger partial charge in [-0.15, -0.1) is 0 Å². The maximum Gasteiger partial charge on any atom is 0.239 e. The van der Waals surface area contributed by atoms with E-state index in [1.165, 1.54) is 25.1 Å². The van der Waals surface area contributed by atoms with Gasteiger partial charge >= 0.3 is 0 Å². The Kier molecular flexibility index (Phi) is 9.04. The van der Waals surface area contributed by atoms with Crippen LogP contribution in [0.5, 0.6) is 23.0 Å². The van der Waals surface area contributed by atoms with E-state index in [0.717, 1.165) is 12.1 Å². The molecule has 2 aliphatic rings. The Balaban J connectivity index is 1.49. The van der Waals surface area contributed by atoms with E-state index >= 15 is 0 Å². The minimum Gasteiger partial charge on any atom is -0.507 e. The first-order valence-corrected chi connectivity index (χ1v) is 13.8. The molecule has 2 aliphatic heterocycles. The summed E-state index contributed by atoms with van der Waals surface area (Å²) in [4.78, 5) is 13.7. The summed E-state index contributed by atoms with van der Waals surface area (Å²) in [6.07, 6.45) is -15.4. The Hall–Kier alpha value is -3.51. The van der Waals surface area contributed by atoms with Gasteiger partial charge in [-0.05, 0) is 49.2 Å². The Morgan fingerprint density at radius 1 is 0.773 bits per heavy atom. The number of ether oxygens (including phenoxy) is 4. The normalized spacial score (nSPS) is 32.5. The first-order valence-electron chi connectivity index (χ1n) is 13.8. The monoisotopic (exact) mass is 622 g/mol. The maximum absolute atomic E-state index is 13.7. The fourth-order valence-corrected chi connectivity index (χ4v) is 5.11. The zero-order chi connectivity index (χ0) is 32.0. The van der Waals surface area contributed by atoms with E-state index in [9.17, 15) is 50.8 Å². The van der Waals surface area contributed by atoms with E-state index in [4.69, 9.17) is 23.4 Å². The Morgan fingerprint density at radius 3 is 2.14 bits per heavy atom. The molecule has 2 aromatic carbocycles. The molecule has 0 saturated carbocycles. The van der Waals surface area contributed by atoms with Crippen molar-refractivity contribution in [1.29, 1.82) is 0 Å². The number of phenolic OH excluding ortho intramolecular Hbond substituents is 3. The van der Waals surface area contributed by atoms with Crippen molar-refractivity contribution in [3.8, 4) is 34.3 Å². The van der Waals surface area contributed by atoms with Gasteiger partial charge in [0.25, 0.3) is 0 Å². The fraction of sp³-hybridized carbons (Fsp3) is 0.483. The molecule has 2 fully saturated rings. The van der Waals surface area contributed by atoms with Gasteiger partial charge in [0.1, 0.15) is 59.4 Å². The second-order valence-corrected chi connectivity index (χ2v) is 10.8. The number of benzene rings is 2. The first-order chi connectivity index (χ1) is 20.8. The van der Waals surface area contributed by atoms with Crippen LogP contribution in [0.4, 0.5) is 0 Å². The van der Waals surface area contributed by atoms with E-state index in [2.05, 4.69) is 0 Å². The summed E-state index contributed by atoms with van der Waals surface area (Å²) < 4.78 is 28.2. The predicted octanol–water partition coefficient (Wildman–Crippen LogP) is -0.830. The van der Waals surface area contributed by atoms with E-state index in [-0.39, 0.29) is 22.3 Å². The summed E-state index contributed by atoms with van der Waals surface area (Å²) in [5.74, 6) is -2.32. The van der Waals surface area contributed by atoms with Crippen molar-refractivity contribution < 1.29 is 69.3 Å². The minimum absolute atomic E-state index is 0.0267. The number of hydrogen-bond donors (Lipinski definition) is 9. The average molecular weight is 623 g/mol. The topological polar surface area (TPSA) is 249 Å². The third kappa shape index (κ3) is 5.81. The molecule has 5 rings (SSSR count). The summed E-state index contributed by atoms with van der Waals surface area (Å²) in [6, 6.07) is 6.43. The van der Waals surface area contributed by atoms with Crippen LogP contribution in [0.15, 0.2) is 39.5 Å².